The van der Waals surface area contributed by atoms with Gasteiger partial charge in [0, 0.05) is 13.0 Å². The minimum atomic E-state index is -0.648. The van der Waals surface area contributed by atoms with Crippen LogP contribution in [0.3, 0.4) is 0 Å². The van der Waals surface area contributed by atoms with Crippen LogP contribution in [-0.2, 0) is 25.6 Å². The van der Waals surface area contributed by atoms with E-state index in [-0.39, 0.29) is 19.1 Å². The van der Waals surface area contributed by atoms with Crippen molar-refractivity contribution in [3.63, 3.8) is 0 Å². The van der Waals surface area contributed by atoms with Crippen molar-refractivity contribution in [3.8, 4) is 5.75 Å². The number of carbonyl (C=O) groups excluding carboxylic acids is 3. The third kappa shape index (κ3) is 6.16. The Morgan fingerprint density at radius 1 is 1.22 bits per heavy atom. The lowest BCUT2D eigenvalue weighted by atomic mass is 10.1. The molecule has 148 valence electrons. The van der Waals surface area contributed by atoms with Crippen molar-refractivity contribution in [2.75, 3.05) is 20.3 Å². The Morgan fingerprint density at radius 2 is 1.96 bits per heavy atom. The molecule has 0 radical (unpaired) electrons. The molecule has 1 aromatic carbocycles. The monoisotopic (exact) mass is 378 g/mol. The Hall–Kier alpha value is -2.77. The van der Waals surface area contributed by atoms with Crippen LogP contribution in [0.25, 0.3) is 0 Å². The zero-order valence-electron chi connectivity index (χ0n) is 16.2. The molecule has 1 aromatic rings. The fourth-order valence-electron chi connectivity index (χ4n) is 2.55. The molecule has 1 fully saturated rings. The molecule has 2 rings (SSSR count). The maximum absolute atomic E-state index is 12.5. The van der Waals surface area contributed by atoms with Crippen molar-refractivity contribution < 1.29 is 28.6 Å². The van der Waals surface area contributed by atoms with E-state index in [1.54, 1.807) is 39.0 Å². The summed E-state index contributed by atoms with van der Waals surface area (Å²) < 4.78 is 15.3. The summed E-state index contributed by atoms with van der Waals surface area (Å²) in [5.74, 6) is -0.151. The van der Waals surface area contributed by atoms with Crippen LogP contribution in [-0.4, -0.2) is 53.9 Å². The van der Waals surface area contributed by atoms with Gasteiger partial charge in [0.2, 0.25) is 5.91 Å². The first-order valence-corrected chi connectivity index (χ1v) is 8.79. The number of rotatable bonds is 5. The van der Waals surface area contributed by atoms with Crippen molar-refractivity contribution in [2.24, 2.45) is 0 Å². The Bertz CT molecular complexity index is 698. The molecule has 2 amide bonds. The van der Waals surface area contributed by atoms with Gasteiger partial charge >= 0.3 is 12.1 Å². The highest BCUT2D eigenvalue weighted by atomic mass is 16.6. The predicted molar refractivity (Wildman–Crippen MR) is 96.7 cm³/mol. The zero-order valence-corrected chi connectivity index (χ0v) is 16.2. The minimum absolute atomic E-state index is 0.145. The molecule has 8 nitrogen and oxygen atoms in total. The molecule has 0 aromatic heterocycles. The second-order valence-electron chi connectivity index (χ2n) is 7.17. The second-order valence-corrected chi connectivity index (χ2v) is 7.17. The summed E-state index contributed by atoms with van der Waals surface area (Å²) in [5, 5.41) is 2.75. The maximum Gasteiger partial charge on any atom is 0.429 e. The Kier molecular flexibility index (Phi) is 6.65. The van der Waals surface area contributed by atoms with E-state index in [1.807, 2.05) is 6.07 Å². The molecule has 1 saturated heterocycles. The quantitative estimate of drug-likeness (QED) is 0.732. The van der Waals surface area contributed by atoms with Gasteiger partial charge in [-0.3, -0.25) is 4.79 Å². The second kappa shape index (κ2) is 8.75. The van der Waals surface area contributed by atoms with Crippen molar-refractivity contribution >= 4 is 18.0 Å². The van der Waals surface area contributed by atoms with Gasteiger partial charge in [-0.2, -0.15) is 0 Å². The fourth-order valence-corrected chi connectivity index (χ4v) is 2.55. The molecule has 0 unspecified atom stereocenters. The Morgan fingerprint density at radius 3 is 2.63 bits per heavy atom. The van der Waals surface area contributed by atoms with Crippen molar-refractivity contribution in [1.29, 1.82) is 0 Å². The molecule has 0 spiro atoms. The standard InChI is InChI=1S/C19H26N2O6/c1-19(2,3)27-18(24)20-10-6-9-16(22)21(20)12-14-7-5-8-15(11-14)26-13-17(23)25-4/h5,7-8,11H,6,9-10,12-13H2,1-4H3. The number of methoxy groups -OCH3 is 1. The molecular weight excluding hydrogens is 352 g/mol. The summed E-state index contributed by atoms with van der Waals surface area (Å²) in [5.41, 5.74) is 0.117. The van der Waals surface area contributed by atoms with Crippen LogP contribution in [0.1, 0.15) is 39.2 Å². The van der Waals surface area contributed by atoms with Crippen LogP contribution in [0.5, 0.6) is 5.75 Å². The first-order valence-electron chi connectivity index (χ1n) is 8.79. The van der Waals surface area contributed by atoms with Gasteiger partial charge < -0.3 is 14.2 Å². The molecule has 1 heterocycles. The van der Waals surface area contributed by atoms with Gasteiger partial charge in [0.15, 0.2) is 6.61 Å². The van der Waals surface area contributed by atoms with E-state index in [0.29, 0.717) is 25.1 Å². The number of esters is 1. The van der Waals surface area contributed by atoms with E-state index in [0.717, 1.165) is 5.56 Å². The van der Waals surface area contributed by atoms with Gasteiger partial charge in [-0.25, -0.2) is 19.6 Å². The molecule has 0 N–H and O–H groups in total. The SMILES string of the molecule is COC(=O)COc1cccc(CN2C(=O)CCCN2C(=O)OC(C)(C)C)c1. The molecule has 1 aliphatic heterocycles. The summed E-state index contributed by atoms with van der Waals surface area (Å²) >= 11 is 0. The molecule has 8 heteroatoms. The first kappa shape index (κ1) is 20.5. The van der Waals surface area contributed by atoms with Crippen LogP contribution < -0.4 is 4.74 Å². The van der Waals surface area contributed by atoms with E-state index >= 15 is 0 Å². The van der Waals surface area contributed by atoms with Gasteiger partial charge in [-0.15, -0.1) is 0 Å². The van der Waals surface area contributed by atoms with Gasteiger partial charge in [0.1, 0.15) is 11.4 Å². The number of nitrogens with zero attached hydrogens (tertiary/aromatic N) is 2. The van der Waals surface area contributed by atoms with Crippen molar-refractivity contribution in [2.45, 2.75) is 45.8 Å². The molecule has 0 saturated carbocycles. The topological polar surface area (TPSA) is 85.4 Å². The zero-order chi connectivity index (χ0) is 20.0. The molecular formula is C19H26N2O6. The molecule has 0 atom stereocenters. The van der Waals surface area contributed by atoms with E-state index in [4.69, 9.17) is 9.47 Å². The smallest absolute Gasteiger partial charge is 0.429 e. The molecule has 0 aliphatic carbocycles. The van der Waals surface area contributed by atoms with Crippen LogP contribution in [0.4, 0.5) is 4.79 Å². The Balaban J connectivity index is 2.11. The summed E-state index contributed by atoms with van der Waals surface area (Å²) in [4.78, 5) is 36.1. The van der Waals surface area contributed by atoms with Gasteiger partial charge in [0.25, 0.3) is 0 Å². The number of carbonyl (C=O) groups is 3. The number of ether oxygens (including phenoxy) is 3. The largest absolute Gasteiger partial charge is 0.482 e. The third-order valence-electron chi connectivity index (χ3n) is 3.76. The Labute approximate surface area is 158 Å². The van der Waals surface area contributed by atoms with Crippen molar-refractivity contribution in [3.05, 3.63) is 29.8 Å². The highest BCUT2D eigenvalue weighted by Crippen LogP contribution is 2.21. The van der Waals surface area contributed by atoms with Crippen LogP contribution in [0.15, 0.2) is 24.3 Å². The number of benzene rings is 1. The number of hydrogen-bond acceptors (Lipinski definition) is 6. The summed E-state index contributed by atoms with van der Waals surface area (Å²) in [6.07, 6.45) is 0.419. The van der Waals surface area contributed by atoms with Crippen molar-refractivity contribution in [1.82, 2.24) is 10.0 Å². The normalized spacial score (nSPS) is 14.7. The van der Waals surface area contributed by atoms with E-state index < -0.39 is 17.7 Å². The highest BCUT2D eigenvalue weighted by Gasteiger charge is 2.33. The lowest BCUT2D eigenvalue weighted by Gasteiger charge is -2.38. The van der Waals surface area contributed by atoms with Crippen LogP contribution >= 0.6 is 0 Å². The highest BCUT2D eigenvalue weighted by molar-refractivity contribution is 5.80. The number of amides is 2. The lowest BCUT2D eigenvalue weighted by Crippen LogP contribution is -2.53. The van der Waals surface area contributed by atoms with Crippen LogP contribution in [0.2, 0.25) is 0 Å². The van der Waals surface area contributed by atoms with E-state index in [1.165, 1.54) is 17.1 Å². The summed E-state index contributed by atoms with van der Waals surface area (Å²) in [7, 11) is 1.29. The molecule has 27 heavy (non-hydrogen) atoms. The summed E-state index contributed by atoms with van der Waals surface area (Å²) in [6, 6.07) is 7.00. The molecule has 1 aliphatic rings. The average molecular weight is 378 g/mol. The predicted octanol–water partition coefficient (Wildman–Crippen LogP) is 2.51. The van der Waals surface area contributed by atoms with Gasteiger partial charge in [-0.1, -0.05) is 12.1 Å². The first-order chi connectivity index (χ1) is 12.7. The third-order valence-corrected chi connectivity index (χ3v) is 3.76. The maximum atomic E-state index is 12.5. The fraction of sp³-hybridized carbons (Fsp3) is 0.526. The lowest BCUT2D eigenvalue weighted by molar-refractivity contribution is -0.155. The number of hydrogen-bond donors (Lipinski definition) is 0. The minimum Gasteiger partial charge on any atom is -0.482 e. The van der Waals surface area contributed by atoms with Crippen LogP contribution in [0, 0.1) is 0 Å². The van der Waals surface area contributed by atoms with E-state index in [9.17, 15) is 14.4 Å². The molecule has 0 bridgehead atoms. The van der Waals surface area contributed by atoms with Gasteiger partial charge in [0.05, 0.1) is 13.7 Å². The van der Waals surface area contributed by atoms with Gasteiger partial charge in [-0.05, 0) is 44.9 Å². The van der Waals surface area contributed by atoms with E-state index in [2.05, 4.69) is 4.74 Å². The average Bonchev–Trinajstić information content (AvgIpc) is 2.60. The number of hydrazine groups is 1. The summed E-state index contributed by atoms with van der Waals surface area (Å²) in [6.45, 7) is 5.76.